The zero-order chi connectivity index (χ0) is 100. The summed E-state index contributed by atoms with van der Waals surface area (Å²) in [5, 5.41) is 40.2. The van der Waals surface area contributed by atoms with Crippen molar-refractivity contribution in [3.63, 3.8) is 0 Å². The van der Waals surface area contributed by atoms with Crippen molar-refractivity contribution in [3.8, 4) is 0 Å². The van der Waals surface area contributed by atoms with Crippen LogP contribution in [0.4, 0.5) is 0 Å². The van der Waals surface area contributed by atoms with Gasteiger partial charge in [0.25, 0.3) is 0 Å². The second-order valence-electron chi connectivity index (χ2n) is 40.8. The summed E-state index contributed by atoms with van der Waals surface area (Å²) in [6, 6.07) is 0. The number of unbranched alkanes of at least 4 members (excludes halogenated alkanes) is 6. The van der Waals surface area contributed by atoms with Gasteiger partial charge in [0, 0.05) is 119 Å². The van der Waals surface area contributed by atoms with Crippen molar-refractivity contribution < 1.29 is 82.1 Å². The lowest BCUT2D eigenvalue weighted by atomic mass is 9.86. The highest BCUT2D eigenvalue weighted by Crippen LogP contribution is 2.50. The molecule has 0 saturated carbocycles. The molecule has 8 atom stereocenters. The van der Waals surface area contributed by atoms with Gasteiger partial charge in [0.2, 0.25) is 17.7 Å². The summed E-state index contributed by atoms with van der Waals surface area (Å²) in [5.74, 6) is -7.03. The van der Waals surface area contributed by atoms with Crippen molar-refractivity contribution in [2.45, 2.75) is 317 Å². The number of ether oxygens (including phenoxy) is 6. The first-order valence-corrected chi connectivity index (χ1v) is 51.0. The number of aliphatic imine (C=N–C) groups is 6. The third kappa shape index (κ3) is 26.3. The van der Waals surface area contributed by atoms with E-state index in [1.807, 2.05) is 52.0 Å². The Balaban J connectivity index is 0.000000325. The molecule has 0 radical (unpaired) electrons. The Labute approximate surface area is 809 Å². The van der Waals surface area contributed by atoms with Crippen molar-refractivity contribution in [1.82, 2.24) is 25.3 Å². The van der Waals surface area contributed by atoms with Gasteiger partial charge >= 0.3 is 29.8 Å². The van der Waals surface area contributed by atoms with E-state index >= 15 is 4.79 Å². The summed E-state index contributed by atoms with van der Waals surface area (Å²) in [6.45, 7) is 45.9. The maximum absolute atomic E-state index is 15.2. The molecule has 0 aromatic carbocycles. The van der Waals surface area contributed by atoms with Crippen molar-refractivity contribution in [1.29, 1.82) is 0 Å². The highest BCUT2D eigenvalue weighted by molar-refractivity contribution is 7.92. The van der Waals surface area contributed by atoms with Crippen LogP contribution < -0.4 is 10.6 Å². The number of nitrogens with zero attached hydrogens (tertiary/aromatic N) is 9. The van der Waals surface area contributed by atoms with E-state index in [4.69, 9.17) is 58.4 Å². The summed E-state index contributed by atoms with van der Waals surface area (Å²) in [4.78, 5) is 144. The fraction of sp³-hybridized carbons (Fsp3) is 0.566. The largest absolute Gasteiger partial charge is 0.511 e. The number of rotatable bonds is 34. The number of nitrogens with one attached hydrogen (secondary N) is 2. The number of amides is 3. The monoisotopic (exact) mass is 1910 g/mol. The minimum Gasteiger partial charge on any atom is -0.511 e. The number of aliphatic carboxylic acids is 1. The molecule has 2 aliphatic carbocycles. The lowest BCUT2D eigenvalue weighted by Gasteiger charge is -2.31. The fourth-order valence-electron chi connectivity index (χ4n) is 19.1. The molecule has 10 aliphatic heterocycles. The standard InChI is InChI=1S/C67H95N7O13.C39H48N4O4.H4P2/c1-20-22-23-24-27-83-42(7)60-40(5)48-29-47-39(4)44(62(70-47)45-28-52(75)61-41(6)49(71-63(45)61)30-50-43(21-2)38(3)46(68-50)31-51(60)69-48)25-26-53(76)72(32-54(77)73(34-56(79)84-64(8,9)10)35-57(80)85-65(11,12)13)33-55(78)74(36-58(81)86-66(14,15)16)37-59(82)87-67(17,18)19;1-8-10-11-12-15-47-24(7)36-22(5)30-17-29-21(4)26(13-14-35(45)46)38(42-29)27-16-34(44)37-23(6)31(43-39(27)37)18-32-25(9-2)20(3)28(40-32)19-33(36)41-30;1-2/h29-31,39,42,44,70,75H,20-28,32-37H2,1-19H3;17-19,21,24,26,42,44H,8-16H2,1-7H3,(H,45,46);1-2H2/t39-,42?,44-;21-,24?,26-;/m00./s1. The molecule has 2 saturated heterocycles. The summed E-state index contributed by atoms with van der Waals surface area (Å²) in [6.07, 6.45) is 23.2. The molecule has 2 fully saturated rings. The van der Waals surface area contributed by atoms with Gasteiger partial charge in [-0.25, -0.2) is 30.0 Å². The molecule has 4 unspecified atom stereocenters. The number of esters is 4. The molecule has 5 N–H and O–H groups in total. The molecule has 738 valence electrons. The van der Waals surface area contributed by atoms with Gasteiger partial charge in [-0.2, -0.15) is 0 Å². The number of hydrogen-bond acceptors (Lipinski definition) is 24. The second kappa shape index (κ2) is 45.5. The lowest BCUT2D eigenvalue weighted by Crippen LogP contribution is -2.52. The molecule has 10 heterocycles. The van der Waals surface area contributed by atoms with Crippen LogP contribution in [0.2, 0.25) is 0 Å². The van der Waals surface area contributed by atoms with Gasteiger partial charge in [-0.3, -0.25) is 38.4 Å². The van der Waals surface area contributed by atoms with E-state index in [1.165, 1.54) is 18.4 Å². The van der Waals surface area contributed by atoms with E-state index in [0.717, 1.165) is 201 Å². The van der Waals surface area contributed by atoms with E-state index in [0.29, 0.717) is 60.9 Å². The van der Waals surface area contributed by atoms with Crippen LogP contribution in [0.1, 0.15) is 283 Å². The Bertz CT molecular complexity index is 5440. The summed E-state index contributed by atoms with van der Waals surface area (Å²) >= 11 is 0. The van der Waals surface area contributed by atoms with Crippen molar-refractivity contribution >= 4 is 99.7 Å². The van der Waals surface area contributed by atoms with Crippen LogP contribution in [0.15, 0.2) is 213 Å². The van der Waals surface area contributed by atoms with E-state index in [9.17, 15) is 48.9 Å². The molecule has 136 heavy (non-hydrogen) atoms. The highest BCUT2D eigenvalue weighted by Gasteiger charge is 2.46. The number of allylic oxidation sites excluding steroid dienone is 22. The van der Waals surface area contributed by atoms with Gasteiger partial charge in [0.1, 0.15) is 73.2 Å². The molecule has 3 amide bonds. The summed E-state index contributed by atoms with van der Waals surface area (Å²) in [7, 11) is 4.67. The average Bonchev–Trinajstić information content (AvgIpc) is 1.58. The van der Waals surface area contributed by atoms with E-state index in [-0.39, 0.29) is 61.4 Å². The van der Waals surface area contributed by atoms with Gasteiger partial charge in [0.05, 0.1) is 80.7 Å². The minimum absolute atomic E-state index is 0.0215. The molecule has 28 nitrogen and oxygen atoms in total. The molecule has 30 heteroatoms. The fourth-order valence-corrected chi connectivity index (χ4v) is 19.1. The van der Waals surface area contributed by atoms with Crippen LogP contribution in [0.5, 0.6) is 0 Å². The minimum atomic E-state index is -0.969. The Hall–Kier alpha value is -10.4. The number of fused-ring (bicyclic) bond motifs is 10. The van der Waals surface area contributed by atoms with Crippen LogP contribution in [0.25, 0.3) is 0 Å². The highest BCUT2D eigenvalue weighted by atomic mass is 32.0. The number of carboxylic acids is 1. The Kier molecular flexibility index (Phi) is 36.0. The zero-order valence-corrected chi connectivity index (χ0v) is 87.4. The molecular formula is C106H147N11O17P2. The van der Waals surface area contributed by atoms with E-state index in [2.05, 4.69) is 110 Å². The first-order valence-electron chi connectivity index (χ1n) is 48.3. The van der Waals surface area contributed by atoms with Crippen molar-refractivity contribution in [3.05, 3.63) is 183 Å². The number of carboxylic acid groups (broad SMARTS) is 1. The lowest BCUT2D eigenvalue weighted by molar-refractivity contribution is -0.164. The number of carbonyl (C=O) groups excluding carboxylic acids is 7. The summed E-state index contributed by atoms with van der Waals surface area (Å²) in [5.41, 5.74) is 22.2. The quantitative estimate of drug-likeness (QED) is 0.0173. The van der Waals surface area contributed by atoms with Crippen LogP contribution in [0, 0.1) is 23.7 Å². The Morgan fingerprint density at radius 3 is 1.07 bits per heavy atom. The van der Waals surface area contributed by atoms with Gasteiger partial charge in [-0.05, 0) is 258 Å². The number of hydrogen-bond donors (Lipinski definition) is 5. The predicted octanol–water partition coefficient (Wildman–Crippen LogP) is 19.4. The number of aliphatic hydroxyl groups excluding tert-OH is 2. The van der Waals surface area contributed by atoms with Gasteiger partial charge in [-0.1, -0.05) is 80.1 Å². The smallest absolute Gasteiger partial charge is 0.326 e. The summed E-state index contributed by atoms with van der Waals surface area (Å²) < 4.78 is 35.2. The maximum atomic E-state index is 15.2. The molecule has 16 bridgehead atoms. The van der Waals surface area contributed by atoms with Gasteiger partial charge < -0.3 is 69.1 Å². The first kappa shape index (κ1) is 108. The third-order valence-electron chi connectivity index (χ3n) is 25.8. The normalized spacial score (nSPS) is 20.4. The number of carbonyl (C=O) groups is 8. The second-order valence-corrected chi connectivity index (χ2v) is 40.8. The van der Waals surface area contributed by atoms with Gasteiger partial charge in [-0.15, -0.1) is 17.9 Å². The van der Waals surface area contributed by atoms with Crippen molar-refractivity contribution in [2.75, 3.05) is 52.5 Å². The van der Waals surface area contributed by atoms with Gasteiger partial charge in [0.15, 0.2) is 0 Å². The van der Waals surface area contributed by atoms with E-state index < -0.39 is 115 Å². The topological polar surface area (TPSA) is 361 Å². The Morgan fingerprint density at radius 2 is 0.750 bits per heavy atom. The molecule has 0 aromatic heterocycles. The third-order valence-corrected chi connectivity index (χ3v) is 25.8. The molecule has 12 rings (SSSR count). The van der Waals surface area contributed by atoms with E-state index in [1.54, 1.807) is 83.1 Å². The zero-order valence-electron chi connectivity index (χ0n) is 85.1. The molecule has 0 spiro atoms. The molecular weight excluding hydrogens is 1760 g/mol. The SMILES string of the molecule is CCCCCCOC(C)C1=C(C)C2=NC1=CC1=NC(=CC3=C(C)C4=C(O)CC(=C5NC(=C2)[C@@H](C)[C@@H]5CCC(=O)N(CC(=O)N(CC(=O)OC(C)(C)C)CC(=O)OC(C)(C)C)CC(=O)N(CC(=O)OC(C)(C)C)CC(=O)OC(C)(C)C)C4=N3)C(CC)=C1C.CCCCCCOC(C)C1=C(C)C2=NC1=CC1=NC(=CC3=C(C)C4=C(O)CC(=C5NC(=C2)[C@@H](C)[C@@H]5CCC(=O)O)C4=N3)C(CC)=C1C.PP. The molecule has 12 aliphatic rings. The first-order chi connectivity index (χ1) is 63.9. The van der Waals surface area contributed by atoms with Crippen LogP contribution in [-0.2, 0) is 66.8 Å². The van der Waals surface area contributed by atoms with Crippen molar-refractivity contribution in [2.24, 2.45) is 53.6 Å². The predicted molar refractivity (Wildman–Crippen MR) is 542 cm³/mol. The number of aliphatic hydroxyl groups is 2. The molecule has 0 aromatic rings. The van der Waals surface area contributed by atoms with Crippen LogP contribution in [0.3, 0.4) is 0 Å². The average molecular weight is 1910 g/mol. The maximum Gasteiger partial charge on any atom is 0.326 e. The van der Waals surface area contributed by atoms with Crippen LogP contribution >= 0.6 is 17.9 Å². The Morgan fingerprint density at radius 1 is 0.426 bits per heavy atom. The van der Waals surface area contributed by atoms with Crippen LogP contribution in [-0.4, -0.2) is 199 Å².